The van der Waals surface area contributed by atoms with Gasteiger partial charge in [-0.1, -0.05) is 0 Å². The van der Waals surface area contributed by atoms with Crippen molar-refractivity contribution < 1.29 is 23.0 Å². The molecule has 1 aliphatic rings. The number of sulfonamides is 1. The van der Waals surface area contributed by atoms with E-state index < -0.39 is 10.0 Å². The van der Waals surface area contributed by atoms with Crippen LogP contribution < -0.4 is 14.2 Å². The molecule has 0 unspecified atom stereocenters. The van der Waals surface area contributed by atoms with E-state index in [0.29, 0.717) is 11.3 Å². The molecule has 0 bridgehead atoms. The van der Waals surface area contributed by atoms with Gasteiger partial charge in [0, 0.05) is 17.7 Å². The van der Waals surface area contributed by atoms with Crippen molar-refractivity contribution in [2.75, 3.05) is 14.2 Å². The molecule has 1 aliphatic carbocycles. The predicted octanol–water partition coefficient (Wildman–Crippen LogP) is 0.637. The minimum Gasteiger partial charge on any atom is -0.493 e. The molecule has 1 fully saturated rings. The molecule has 19 heavy (non-hydrogen) atoms. The number of hydrogen-bond acceptors (Lipinski definition) is 5. The fourth-order valence-electron chi connectivity index (χ4n) is 1.78. The first-order valence-electron chi connectivity index (χ1n) is 5.90. The lowest BCUT2D eigenvalue weighted by molar-refractivity contribution is 0.269. The van der Waals surface area contributed by atoms with Gasteiger partial charge in [-0.15, -0.1) is 0 Å². The van der Waals surface area contributed by atoms with E-state index in [2.05, 4.69) is 4.72 Å². The number of aliphatic hydroxyl groups excluding tert-OH is 1. The third-order valence-corrected chi connectivity index (χ3v) is 4.41. The van der Waals surface area contributed by atoms with Gasteiger partial charge in [-0.25, -0.2) is 13.1 Å². The second-order valence-electron chi connectivity index (χ2n) is 4.37. The summed E-state index contributed by atoms with van der Waals surface area (Å²) in [7, 11) is -0.725. The highest BCUT2D eigenvalue weighted by molar-refractivity contribution is 7.89. The molecular formula is C12H17NO5S. The van der Waals surface area contributed by atoms with Gasteiger partial charge in [0.05, 0.1) is 25.7 Å². The normalized spacial score (nSPS) is 15.3. The summed E-state index contributed by atoms with van der Waals surface area (Å²) in [5.74, 6) is 0.626. The van der Waals surface area contributed by atoms with Crippen molar-refractivity contribution in [2.45, 2.75) is 30.4 Å². The summed E-state index contributed by atoms with van der Waals surface area (Å²) in [5, 5.41) is 9.30. The van der Waals surface area contributed by atoms with E-state index >= 15 is 0 Å². The molecule has 7 heteroatoms. The van der Waals surface area contributed by atoms with Crippen LogP contribution in [0, 0.1) is 0 Å². The van der Waals surface area contributed by atoms with E-state index in [1.54, 1.807) is 0 Å². The molecule has 2 N–H and O–H groups in total. The number of aliphatic hydroxyl groups is 1. The van der Waals surface area contributed by atoms with Crippen molar-refractivity contribution in [3.63, 3.8) is 0 Å². The first kappa shape index (κ1) is 14.1. The zero-order valence-corrected chi connectivity index (χ0v) is 11.7. The molecule has 1 aromatic carbocycles. The summed E-state index contributed by atoms with van der Waals surface area (Å²) in [5.41, 5.74) is 0.373. The van der Waals surface area contributed by atoms with Crippen molar-refractivity contribution in [3.8, 4) is 11.5 Å². The summed E-state index contributed by atoms with van der Waals surface area (Å²) in [4.78, 5) is 0.0705. The molecule has 1 saturated carbocycles. The molecule has 0 atom stereocenters. The zero-order chi connectivity index (χ0) is 14.0. The monoisotopic (exact) mass is 287 g/mol. The molecule has 0 saturated heterocycles. The summed E-state index contributed by atoms with van der Waals surface area (Å²) < 4.78 is 37.1. The molecule has 6 nitrogen and oxygen atoms in total. The SMILES string of the molecule is COc1cc(S(=O)(=O)NC2CC2)cc(CO)c1OC. The topological polar surface area (TPSA) is 84.9 Å². The Morgan fingerprint density at radius 2 is 2.00 bits per heavy atom. The van der Waals surface area contributed by atoms with Crippen LogP contribution in [-0.2, 0) is 16.6 Å². The van der Waals surface area contributed by atoms with E-state index in [9.17, 15) is 13.5 Å². The highest BCUT2D eigenvalue weighted by atomic mass is 32.2. The lowest BCUT2D eigenvalue weighted by Crippen LogP contribution is -2.25. The Kier molecular flexibility index (Phi) is 3.98. The van der Waals surface area contributed by atoms with Crippen molar-refractivity contribution in [1.82, 2.24) is 4.72 Å². The molecule has 0 aromatic heterocycles. The minimum absolute atomic E-state index is 0.0238. The van der Waals surface area contributed by atoms with Crippen molar-refractivity contribution in [3.05, 3.63) is 17.7 Å². The van der Waals surface area contributed by atoms with Crippen LogP contribution >= 0.6 is 0 Å². The maximum absolute atomic E-state index is 12.1. The minimum atomic E-state index is -3.58. The highest BCUT2D eigenvalue weighted by Gasteiger charge is 2.29. The molecule has 2 rings (SSSR count). The largest absolute Gasteiger partial charge is 0.493 e. The van der Waals surface area contributed by atoms with Crippen molar-refractivity contribution in [2.24, 2.45) is 0 Å². The lowest BCUT2D eigenvalue weighted by atomic mass is 10.2. The summed E-state index contributed by atoms with van der Waals surface area (Å²) >= 11 is 0. The van der Waals surface area contributed by atoms with E-state index in [1.807, 2.05) is 0 Å². The standard InChI is InChI=1S/C12H17NO5S/c1-17-11-6-10(5-8(7-14)12(11)18-2)19(15,16)13-9-3-4-9/h5-6,9,13-14H,3-4,7H2,1-2H3. The van der Waals surface area contributed by atoms with Gasteiger partial charge in [-0.2, -0.15) is 0 Å². The Balaban J connectivity index is 2.45. The molecule has 0 heterocycles. The summed E-state index contributed by atoms with van der Waals surface area (Å²) in [6, 6.07) is 2.81. The van der Waals surface area contributed by atoms with Crippen LogP contribution in [0.5, 0.6) is 11.5 Å². The molecule has 0 amide bonds. The average Bonchev–Trinajstić information content (AvgIpc) is 3.19. The Hall–Kier alpha value is -1.31. The van der Waals surface area contributed by atoms with Gasteiger partial charge >= 0.3 is 0 Å². The second-order valence-corrected chi connectivity index (χ2v) is 6.09. The van der Waals surface area contributed by atoms with Crippen molar-refractivity contribution >= 4 is 10.0 Å². The third-order valence-electron chi connectivity index (χ3n) is 2.91. The number of hydrogen-bond donors (Lipinski definition) is 2. The zero-order valence-electron chi connectivity index (χ0n) is 10.8. The first-order valence-corrected chi connectivity index (χ1v) is 7.38. The fraction of sp³-hybridized carbons (Fsp3) is 0.500. The number of methoxy groups -OCH3 is 2. The van der Waals surface area contributed by atoms with E-state index in [4.69, 9.17) is 9.47 Å². The van der Waals surface area contributed by atoms with Crippen LogP contribution in [-0.4, -0.2) is 33.8 Å². The lowest BCUT2D eigenvalue weighted by Gasteiger charge is -2.14. The van der Waals surface area contributed by atoms with Gasteiger partial charge < -0.3 is 14.6 Å². The molecular weight excluding hydrogens is 270 g/mol. The maximum Gasteiger partial charge on any atom is 0.240 e. The van der Waals surface area contributed by atoms with Crippen molar-refractivity contribution in [1.29, 1.82) is 0 Å². The number of nitrogens with one attached hydrogen (secondary N) is 1. The predicted molar refractivity (Wildman–Crippen MR) is 68.8 cm³/mol. The van der Waals surface area contributed by atoms with Crippen LogP contribution in [0.1, 0.15) is 18.4 Å². The second kappa shape index (κ2) is 5.36. The van der Waals surface area contributed by atoms with Crippen LogP contribution in [0.2, 0.25) is 0 Å². The summed E-state index contributed by atoms with van der Waals surface area (Å²) in [6.07, 6.45) is 1.72. The Morgan fingerprint density at radius 3 is 2.47 bits per heavy atom. The van der Waals surface area contributed by atoms with Gasteiger partial charge in [0.2, 0.25) is 10.0 Å². The molecule has 0 spiro atoms. The molecule has 0 aliphatic heterocycles. The Morgan fingerprint density at radius 1 is 1.32 bits per heavy atom. The van der Waals surface area contributed by atoms with Crippen LogP contribution in [0.3, 0.4) is 0 Å². The van der Waals surface area contributed by atoms with E-state index in [0.717, 1.165) is 12.8 Å². The van der Waals surface area contributed by atoms with Gasteiger partial charge in [0.25, 0.3) is 0 Å². The van der Waals surface area contributed by atoms with Crippen LogP contribution in [0.25, 0.3) is 0 Å². The quantitative estimate of drug-likeness (QED) is 0.802. The highest BCUT2D eigenvalue weighted by Crippen LogP contribution is 2.34. The van der Waals surface area contributed by atoms with Gasteiger partial charge in [0.15, 0.2) is 11.5 Å². The molecule has 1 aromatic rings. The smallest absolute Gasteiger partial charge is 0.240 e. The van der Waals surface area contributed by atoms with Crippen LogP contribution in [0.15, 0.2) is 17.0 Å². The Bertz CT molecular complexity index is 540. The van der Waals surface area contributed by atoms with E-state index in [-0.39, 0.29) is 23.3 Å². The molecule has 106 valence electrons. The first-order chi connectivity index (χ1) is 9.01. The van der Waals surface area contributed by atoms with Gasteiger partial charge in [0.1, 0.15) is 0 Å². The Labute approximate surface area is 112 Å². The number of benzene rings is 1. The maximum atomic E-state index is 12.1. The third kappa shape index (κ3) is 2.99. The summed E-state index contributed by atoms with van der Waals surface area (Å²) in [6.45, 7) is -0.327. The number of ether oxygens (including phenoxy) is 2. The van der Waals surface area contributed by atoms with Crippen LogP contribution in [0.4, 0.5) is 0 Å². The van der Waals surface area contributed by atoms with Gasteiger partial charge in [-0.05, 0) is 18.9 Å². The van der Waals surface area contributed by atoms with E-state index in [1.165, 1.54) is 26.4 Å². The number of rotatable bonds is 6. The van der Waals surface area contributed by atoms with Gasteiger partial charge in [-0.3, -0.25) is 0 Å². The average molecular weight is 287 g/mol. The fourth-order valence-corrected chi connectivity index (χ4v) is 3.15. The molecule has 0 radical (unpaired) electrons.